The Bertz CT molecular complexity index is 1490. The molecular formula is C25H21N7O2S2. The Labute approximate surface area is 215 Å². The highest BCUT2D eigenvalue weighted by Crippen LogP contribution is 2.30. The molecule has 1 aliphatic rings. The standard InChI is InChI=1S/C25H21N7O2S2/c1-15-21(23(34)31(2)3)36-24(26-15)29-28-20-19(17-12-8-5-9-13-17)30-32(22(20)33)25-27-18(14-35-25)16-10-6-4-7-11-16/h4-14H,1-3H3,(H,26,29)/b28-20-. The average Bonchev–Trinajstić information content (AvgIpc) is 3.60. The van der Waals surface area contributed by atoms with Crippen molar-refractivity contribution in [3.8, 4) is 11.3 Å². The molecule has 2 aromatic carbocycles. The predicted octanol–water partition coefficient (Wildman–Crippen LogP) is 4.50. The highest BCUT2D eigenvalue weighted by Gasteiger charge is 2.36. The van der Waals surface area contributed by atoms with Crippen LogP contribution in [0.2, 0.25) is 0 Å². The van der Waals surface area contributed by atoms with Crippen LogP contribution >= 0.6 is 22.7 Å². The maximum atomic E-state index is 13.5. The van der Waals surface area contributed by atoms with Crippen molar-refractivity contribution in [2.75, 3.05) is 24.5 Å². The van der Waals surface area contributed by atoms with Crippen LogP contribution in [-0.4, -0.2) is 52.2 Å². The van der Waals surface area contributed by atoms with Gasteiger partial charge in [-0.3, -0.25) is 15.0 Å². The van der Waals surface area contributed by atoms with Gasteiger partial charge in [0.1, 0.15) is 10.6 Å². The second kappa shape index (κ2) is 9.80. The second-order valence-corrected chi connectivity index (χ2v) is 9.85. The Kier molecular flexibility index (Phi) is 6.40. The van der Waals surface area contributed by atoms with Gasteiger partial charge in [0.05, 0.1) is 11.4 Å². The fourth-order valence-corrected chi connectivity index (χ4v) is 5.18. The van der Waals surface area contributed by atoms with Crippen molar-refractivity contribution >= 4 is 56.2 Å². The van der Waals surface area contributed by atoms with Gasteiger partial charge in [0, 0.05) is 30.6 Å². The van der Waals surface area contributed by atoms with Crippen molar-refractivity contribution in [3.05, 3.63) is 82.2 Å². The summed E-state index contributed by atoms with van der Waals surface area (Å²) in [7, 11) is 3.37. The van der Waals surface area contributed by atoms with Crippen LogP contribution in [0, 0.1) is 6.92 Å². The van der Waals surface area contributed by atoms with Crippen LogP contribution in [0.4, 0.5) is 10.3 Å². The van der Waals surface area contributed by atoms with Crippen molar-refractivity contribution in [3.63, 3.8) is 0 Å². The number of hydrazone groups is 2. The zero-order valence-corrected chi connectivity index (χ0v) is 21.3. The third-order valence-electron chi connectivity index (χ3n) is 5.27. The van der Waals surface area contributed by atoms with Gasteiger partial charge in [-0.05, 0) is 6.92 Å². The number of aryl methyl sites for hydroxylation is 1. The monoisotopic (exact) mass is 515 g/mol. The highest BCUT2D eigenvalue weighted by molar-refractivity contribution is 7.17. The predicted molar refractivity (Wildman–Crippen MR) is 144 cm³/mol. The number of hydrogen-bond acceptors (Lipinski definition) is 9. The quantitative estimate of drug-likeness (QED) is 0.381. The maximum absolute atomic E-state index is 13.5. The molecule has 0 aliphatic carbocycles. The number of nitrogens with one attached hydrogen (secondary N) is 1. The van der Waals surface area contributed by atoms with E-state index in [1.807, 2.05) is 66.0 Å². The lowest BCUT2D eigenvalue weighted by atomic mass is 10.1. The first kappa shape index (κ1) is 23.5. The number of nitrogens with zero attached hydrogens (tertiary/aromatic N) is 6. The number of benzene rings is 2. The Morgan fingerprint density at radius 1 is 1.00 bits per heavy atom. The van der Waals surface area contributed by atoms with Crippen LogP contribution in [-0.2, 0) is 4.79 Å². The molecular weight excluding hydrogens is 494 g/mol. The summed E-state index contributed by atoms with van der Waals surface area (Å²) >= 11 is 2.51. The molecule has 36 heavy (non-hydrogen) atoms. The normalized spacial score (nSPS) is 14.3. The van der Waals surface area contributed by atoms with Gasteiger partial charge >= 0.3 is 5.91 Å². The van der Waals surface area contributed by atoms with Crippen molar-refractivity contribution in [1.29, 1.82) is 0 Å². The number of hydrogen-bond donors (Lipinski definition) is 1. The first-order chi connectivity index (χ1) is 17.4. The van der Waals surface area contributed by atoms with Crippen molar-refractivity contribution < 1.29 is 9.59 Å². The second-order valence-electron chi connectivity index (χ2n) is 8.02. The molecule has 3 heterocycles. The molecule has 1 aliphatic heterocycles. The lowest BCUT2D eigenvalue weighted by Crippen LogP contribution is -2.28. The van der Waals surface area contributed by atoms with E-state index in [4.69, 9.17) is 0 Å². The number of rotatable bonds is 6. The molecule has 0 radical (unpaired) electrons. The van der Waals surface area contributed by atoms with E-state index >= 15 is 0 Å². The van der Waals surface area contributed by atoms with Crippen LogP contribution in [0.15, 0.2) is 76.2 Å². The van der Waals surface area contributed by atoms with E-state index in [1.54, 1.807) is 21.0 Å². The minimum Gasteiger partial charge on any atom is -0.344 e. The Hall–Kier alpha value is -4.22. The van der Waals surface area contributed by atoms with E-state index in [9.17, 15) is 9.59 Å². The first-order valence-electron chi connectivity index (χ1n) is 10.9. The molecule has 0 spiro atoms. The largest absolute Gasteiger partial charge is 0.344 e. The van der Waals surface area contributed by atoms with Crippen LogP contribution in [0.3, 0.4) is 0 Å². The summed E-state index contributed by atoms with van der Waals surface area (Å²) in [5.41, 5.74) is 6.46. The fourth-order valence-electron chi connectivity index (χ4n) is 3.47. The number of amides is 2. The summed E-state index contributed by atoms with van der Waals surface area (Å²) in [6.07, 6.45) is 0. The van der Waals surface area contributed by atoms with Crippen LogP contribution in [0.5, 0.6) is 0 Å². The summed E-state index contributed by atoms with van der Waals surface area (Å²) in [6.45, 7) is 1.76. The SMILES string of the molecule is Cc1nc(N/N=C2\C(=O)N(c3nc(-c4ccccc4)cs3)N=C2c2ccccc2)sc1C(=O)N(C)C. The van der Waals surface area contributed by atoms with E-state index in [0.29, 0.717) is 26.5 Å². The highest BCUT2D eigenvalue weighted by atomic mass is 32.1. The first-order valence-corrected chi connectivity index (χ1v) is 12.6. The summed E-state index contributed by atoms with van der Waals surface area (Å²) in [5, 5.41) is 13.0. The number of carbonyl (C=O) groups is 2. The zero-order valence-electron chi connectivity index (χ0n) is 19.7. The molecule has 11 heteroatoms. The number of aromatic nitrogens is 2. The fraction of sp³-hybridized carbons (Fsp3) is 0.120. The van der Waals surface area contributed by atoms with Gasteiger partial charge in [-0.1, -0.05) is 72.0 Å². The molecule has 2 aromatic heterocycles. The van der Waals surface area contributed by atoms with Crippen molar-refractivity contribution in [2.24, 2.45) is 10.2 Å². The molecule has 180 valence electrons. The maximum Gasteiger partial charge on any atom is 0.303 e. The molecule has 0 saturated carbocycles. The van der Waals surface area contributed by atoms with Gasteiger partial charge in [0.15, 0.2) is 5.71 Å². The van der Waals surface area contributed by atoms with E-state index in [1.165, 1.54) is 32.6 Å². The molecule has 0 fully saturated rings. The zero-order chi connectivity index (χ0) is 25.2. The molecule has 5 rings (SSSR count). The Balaban J connectivity index is 1.47. The lowest BCUT2D eigenvalue weighted by molar-refractivity contribution is -0.112. The summed E-state index contributed by atoms with van der Waals surface area (Å²) < 4.78 is 0. The van der Waals surface area contributed by atoms with E-state index in [0.717, 1.165) is 16.8 Å². The van der Waals surface area contributed by atoms with Gasteiger partial charge in [0.25, 0.3) is 5.91 Å². The number of anilines is 2. The van der Waals surface area contributed by atoms with E-state index in [2.05, 4.69) is 25.6 Å². The summed E-state index contributed by atoms with van der Waals surface area (Å²) in [6, 6.07) is 19.1. The lowest BCUT2D eigenvalue weighted by Gasteiger charge is -2.07. The average molecular weight is 516 g/mol. The topological polar surface area (TPSA) is 103 Å². The number of thiazole rings is 2. The minimum absolute atomic E-state index is 0.131. The summed E-state index contributed by atoms with van der Waals surface area (Å²) in [4.78, 5) is 36.9. The minimum atomic E-state index is -0.409. The van der Waals surface area contributed by atoms with Gasteiger partial charge in [-0.2, -0.15) is 15.2 Å². The van der Waals surface area contributed by atoms with Crippen LogP contribution in [0.1, 0.15) is 20.9 Å². The third-order valence-corrected chi connectivity index (χ3v) is 7.14. The summed E-state index contributed by atoms with van der Waals surface area (Å²) in [5.74, 6) is -0.550. The molecule has 2 amide bonds. The molecule has 0 unspecified atom stereocenters. The van der Waals surface area contributed by atoms with Gasteiger partial charge in [-0.25, -0.2) is 9.97 Å². The van der Waals surface area contributed by atoms with Gasteiger partial charge in [-0.15, -0.1) is 11.3 Å². The van der Waals surface area contributed by atoms with Gasteiger partial charge in [0.2, 0.25) is 10.3 Å². The van der Waals surface area contributed by atoms with Gasteiger partial charge < -0.3 is 4.90 Å². The van der Waals surface area contributed by atoms with Crippen molar-refractivity contribution in [1.82, 2.24) is 14.9 Å². The molecule has 4 aromatic rings. The van der Waals surface area contributed by atoms with Crippen LogP contribution < -0.4 is 10.4 Å². The van der Waals surface area contributed by atoms with E-state index < -0.39 is 5.91 Å². The number of carbonyl (C=O) groups excluding carboxylic acids is 2. The van der Waals surface area contributed by atoms with Crippen LogP contribution in [0.25, 0.3) is 11.3 Å². The van der Waals surface area contributed by atoms with E-state index in [-0.39, 0.29) is 11.6 Å². The molecule has 0 atom stereocenters. The molecule has 0 saturated heterocycles. The van der Waals surface area contributed by atoms with Crippen molar-refractivity contribution in [2.45, 2.75) is 6.92 Å². The Morgan fingerprint density at radius 3 is 2.33 bits per heavy atom. The third kappa shape index (κ3) is 4.53. The molecule has 0 bridgehead atoms. The Morgan fingerprint density at radius 2 is 1.67 bits per heavy atom. The molecule has 1 N–H and O–H groups in total. The molecule has 9 nitrogen and oxygen atoms in total. The smallest absolute Gasteiger partial charge is 0.303 e.